The third kappa shape index (κ3) is 5.76. The zero-order valence-corrected chi connectivity index (χ0v) is 19.5. The second-order valence-electron chi connectivity index (χ2n) is 9.16. The lowest BCUT2D eigenvalue weighted by atomic mass is 9.75. The van der Waals surface area contributed by atoms with Crippen molar-refractivity contribution < 1.29 is 64.0 Å². The molecular weight excluding hydrogens is 496 g/mol. The number of aliphatic carboxylic acids is 1. The number of fused-ring (bicyclic) bond motifs is 1. The molecule has 6 N–H and O–H groups in total. The van der Waals surface area contributed by atoms with Gasteiger partial charge in [0.1, 0.15) is 49.3 Å². The van der Waals surface area contributed by atoms with Crippen molar-refractivity contribution in [3.8, 4) is 5.75 Å². The standard InChI is InChI=1S/C24H28O13/c25-11-3-1-10(2-4-11)12-8-35-23-14(6-5-13(26)18(23)19(12)30)36-24-22(33)21(32)20(31)15(37-24)9-34-17(29)7-16(27)28/h1-4,8,13-15,18,20-26,31-33H,5-7,9H2,(H,27,28)/t13?,14?,15-,18?,20-,21+,22-,23?,24-/m1/s1. The first-order chi connectivity index (χ1) is 17.6. The molecule has 1 aromatic rings. The number of ketones is 1. The van der Waals surface area contributed by atoms with Crippen LogP contribution >= 0.6 is 0 Å². The van der Waals surface area contributed by atoms with Gasteiger partial charge >= 0.3 is 11.9 Å². The Morgan fingerprint density at radius 3 is 2.38 bits per heavy atom. The largest absolute Gasteiger partial charge is 0.508 e. The molecule has 0 amide bonds. The maximum absolute atomic E-state index is 13.3. The van der Waals surface area contributed by atoms with Crippen molar-refractivity contribution in [1.29, 1.82) is 0 Å². The van der Waals surface area contributed by atoms with Crippen molar-refractivity contribution in [2.45, 2.75) is 68.3 Å². The number of Topliss-reactive ketones (excluding diaryl/α,β-unsaturated/α-hetero) is 1. The van der Waals surface area contributed by atoms with Gasteiger partial charge in [-0.25, -0.2) is 0 Å². The first-order valence-electron chi connectivity index (χ1n) is 11.7. The number of aliphatic hydroxyl groups is 4. The number of hydrogen-bond acceptors (Lipinski definition) is 12. The fourth-order valence-electron chi connectivity index (χ4n) is 4.69. The number of hydrogen-bond donors (Lipinski definition) is 6. The second-order valence-corrected chi connectivity index (χ2v) is 9.16. The number of aliphatic hydroxyl groups excluding tert-OH is 4. The molecule has 2 heterocycles. The Morgan fingerprint density at radius 2 is 1.70 bits per heavy atom. The highest BCUT2D eigenvalue weighted by molar-refractivity contribution is 6.22. The topological polar surface area (TPSA) is 210 Å². The molecule has 3 aliphatic rings. The van der Waals surface area contributed by atoms with Crippen molar-refractivity contribution in [2.24, 2.45) is 5.92 Å². The van der Waals surface area contributed by atoms with Crippen LogP contribution in [0.25, 0.3) is 5.57 Å². The lowest BCUT2D eigenvalue weighted by Crippen LogP contribution is -2.61. The summed E-state index contributed by atoms with van der Waals surface area (Å²) in [5.41, 5.74) is 0.691. The van der Waals surface area contributed by atoms with Crippen molar-refractivity contribution in [3.05, 3.63) is 36.1 Å². The van der Waals surface area contributed by atoms with Gasteiger partial charge in [-0.3, -0.25) is 14.4 Å². The summed E-state index contributed by atoms with van der Waals surface area (Å²) in [4.78, 5) is 35.4. The van der Waals surface area contributed by atoms with Gasteiger partial charge in [-0.1, -0.05) is 12.1 Å². The summed E-state index contributed by atoms with van der Waals surface area (Å²) in [5, 5.41) is 59.7. The van der Waals surface area contributed by atoms with Gasteiger partial charge in [0.2, 0.25) is 0 Å². The van der Waals surface area contributed by atoms with E-state index in [0.717, 1.165) is 0 Å². The number of carboxylic acid groups (broad SMARTS) is 1. The number of esters is 1. The van der Waals surface area contributed by atoms with E-state index < -0.39 is 85.7 Å². The highest BCUT2D eigenvalue weighted by Crippen LogP contribution is 2.39. The quantitative estimate of drug-likeness (QED) is 0.181. The smallest absolute Gasteiger partial charge is 0.317 e. The Morgan fingerprint density at radius 1 is 1.00 bits per heavy atom. The number of carbonyl (C=O) groups is 3. The van der Waals surface area contributed by atoms with Crippen molar-refractivity contribution in [3.63, 3.8) is 0 Å². The Balaban J connectivity index is 1.47. The minimum Gasteiger partial charge on any atom is -0.508 e. The Labute approximate surface area is 210 Å². The molecule has 13 nitrogen and oxygen atoms in total. The van der Waals surface area contributed by atoms with E-state index in [0.29, 0.717) is 5.56 Å². The number of carbonyl (C=O) groups excluding carboxylic acids is 2. The first-order valence-corrected chi connectivity index (χ1v) is 11.7. The van der Waals surface area contributed by atoms with Crippen LogP contribution in [0.3, 0.4) is 0 Å². The fourth-order valence-corrected chi connectivity index (χ4v) is 4.69. The molecule has 1 saturated heterocycles. The van der Waals surface area contributed by atoms with Crippen LogP contribution in [0.5, 0.6) is 5.75 Å². The fraction of sp³-hybridized carbons (Fsp3) is 0.542. The van der Waals surface area contributed by atoms with E-state index in [9.17, 15) is 39.9 Å². The van der Waals surface area contributed by atoms with Crippen LogP contribution in [0.15, 0.2) is 30.5 Å². The number of benzene rings is 1. The molecule has 2 fully saturated rings. The van der Waals surface area contributed by atoms with E-state index in [4.69, 9.17) is 24.1 Å². The monoisotopic (exact) mass is 524 g/mol. The maximum Gasteiger partial charge on any atom is 0.317 e. The van der Waals surface area contributed by atoms with Gasteiger partial charge in [-0.05, 0) is 30.5 Å². The van der Waals surface area contributed by atoms with Crippen LogP contribution in [-0.4, -0.2) is 104 Å². The van der Waals surface area contributed by atoms with Crippen LogP contribution in [-0.2, 0) is 33.3 Å². The molecule has 0 radical (unpaired) electrons. The first kappa shape index (κ1) is 27.0. The zero-order chi connectivity index (χ0) is 26.9. The molecule has 0 aromatic heterocycles. The molecule has 4 rings (SSSR count). The SMILES string of the molecule is O=C(O)CC(=O)OC[C@H]1O[C@@H](OC2CCC(O)C3C(=O)C(c4ccc(O)cc4)=COC23)[C@H](O)[C@@H](O)[C@@H]1O. The van der Waals surface area contributed by atoms with Crippen LogP contribution < -0.4 is 0 Å². The van der Waals surface area contributed by atoms with E-state index in [2.05, 4.69) is 0 Å². The molecule has 13 heteroatoms. The number of carboxylic acids is 1. The third-order valence-corrected chi connectivity index (χ3v) is 6.65. The summed E-state index contributed by atoms with van der Waals surface area (Å²) in [5.74, 6) is -3.88. The molecule has 1 aromatic carbocycles. The molecule has 1 aliphatic carbocycles. The molecule has 9 atom stereocenters. The predicted octanol–water partition coefficient (Wildman–Crippen LogP) is -1.32. The van der Waals surface area contributed by atoms with Gasteiger partial charge in [0.25, 0.3) is 0 Å². The summed E-state index contributed by atoms with van der Waals surface area (Å²) < 4.78 is 22.0. The minimum absolute atomic E-state index is 0.0193. The number of ether oxygens (including phenoxy) is 4. The molecule has 0 bridgehead atoms. The van der Waals surface area contributed by atoms with E-state index in [1.807, 2.05) is 0 Å². The van der Waals surface area contributed by atoms with Crippen LogP contribution in [0.2, 0.25) is 0 Å². The van der Waals surface area contributed by atoms with E-state index in [1.165, 1.54) is 30.5 Å². The number of allylic oxidation sites excluding steroid dienone is 1. The van der Waals surface area contributed by atoms with E-state index in [-0.39, 0.29) is 24.2 Å². The summed E-state index contributed by atoms with van der Waals surface area (Å²) in [6.45, 7) is -0.611. The highest BCUT2D eigenvalue weighted by Gasteiger charge is 2.51. The maximum atomic E-state index is 13.3. The Kier molecular flexibility index (Phi) is 8.11. The number of phenolic OH excluding ortho intramolecular Hbond substituents is 1. The lowest BCUT2D eigenvalue weighted by molar-refractivity contribution is -0.322. The molecule has 37 heavy (non-hydrogen) atoms. The summed E-state index contributed by atoms with van der Waals surface area (Å²) in [6.07, 6.45) is -10.2. The zero-order valence-electron chi connectivity index (χ0n) is 19.5. The van der Waals surface area contributed by atoms with Crippen LogP contribution in [0, 0.1) is 5.92 Å². The normalized spacial score (nSPS) is 35.6. The average Bonchev–Trinajstić information content (AvgIpc) is 2.85. The minimum atomic E-state index is -1.75. The Hall–Kier alpha value is -3.07. The van der Waals surface area contributed by atoms with Gasteiger partial charge in [-0.15, -0.1) is 0 Å². The molecule has 202 valence electrons. The summed E-state index contributed by atoms with van der Waals surface area (Å²) in [6, 6.07) is 5.90. The van der Waals surface area contributed by atoms with Gasteiger partial charge < -0.3 is 49.6 Å². The molecule has 1 saturated carbocycles. The van der Waals surface area contributed by atoms with Crippen LogP contribution in [0.4, 0.5) is 0 Å². The molecule has 0 spiro atoms. The Bertz CT molecular complexity index is 1040. The second kappa shape index (κ2) is 11.1. The van der Waals surface area contributed by atoms with Gasteiger partial charge in [0, 0.05) is 0 Å². The highest BCUT2D eigenvalue weighted by atomic mass is 16.7. The van der Waals surface area contributed by atoms with Gasteiger partial charge in [-0.2, -0.15) is 0 Å². The van der Waals surface area contributed by atoms with Crippen molar-refractivity contribution in [1.82, 2.24) is 0 Å². The van der Waals surface area contributed by atoms with Crippen molar-refractivity contribution >= 4 is 23.3 Å². The number of phenols is 1. The van der Waals surface area contributed by atoms with Gasteiger partial charge in [0.05, 0.1) is 30.0 Å². The summed E-state index contributed by atoms with van der Waals surface area (Å²) in [7, 11) is 0. The summed E-state index contributed by atoms with van der Waals surface area (Å²) >= 11 is 0. The predicted molar refractivity (Wildman–Crippen MR) is 119 cm³/mol. The molecule has 2 aliphatic heterocycles. The third-order valence-electron chi connectivity index (χ3n) is 6.65. The molecule has 4 unspecified atom stereocenters. The number of aromatic hydroxyl groups is 1. The van der Waals surface area contributed by atoms with Crippen LogP contribution in [0.1, 0.15) is 24.8 Å². The average molecular weight is 524 g/mol. The van der Waals surface area contributed by atoms with Gasteiger partial charge in [0.15, 0.2) is 12.1 Å². The molecular formula is C24H28O13. The van der Waals surface area contributed by atoms with E-state index in [1.54, 1.807) is 0 Å². The lowest BCUT2D eigenvalue weighted by Gasteiger charge is -2.45. The van der Waals surface area contributed by atoms with Crippen molar-refractivity contribution in [2.75, 3.05) is 6.61 Å². The van der Waals surface area contributed by atoms with E-state index >= 15 is 0 Å². The number of rotatable bonds is 7.